The van der Waals surface area contributed by atoms with Crippen LogP contribution >= 0.6 is 11.3 Å². The first-order valence-electron chi connectivity index (χ1n) is 12.2. The molecule has 17 heteroatoms. The van der Waals surface area contributed by atoms with Gasteiger partial charge in [0.1, 0.15) is 17.7 Å². The van der Waals surface area contributed by atoms with Gasteiger partial charge < -0.3 is 15.4 Å². The van der Waals surface area contributed by atoms with Gasteiger partial charge in [-0.1, -0.05) is 17.4 Å². The molecule has 0 bridgehead atoms. The van der Waals surface area contributed by atoms with Crippen molar-refractivity contribution < 1.29 is 26.7 Å². The Hall–Kier alpha value is -3.69. The number of hydrogen-bond acceptors (Lipinski definition) is 11. The lowest BCUT2D eigenvalue weighted by Crippen LogP contribution is -2.40. The van der Waals surface area contributed by atoms with Crippen LogP contribution < -0.4 is 15.4 Å². The maximum atomic E-state index is 13.4. The first-order valence-corrected chi connectivity index (χ1v) is 14.5. The van der Waals surface area contributed by atoms with Crippen molar-refractivity contribution in [1.29, 1.82) is 5.26 Å². The molecule has 3 N–H and O–H groups in total. The zero-order valence-corrected chi connectivity index (χ0v) is 22.2. The summed E-state index contributed by atoms with van der Waals surface area (Å²) in [5, 5.41) is 23.0. The van der Waals surface area contributed by atoms with Crippen LogP contribution in [0.3, 0.4) is 0 Å². The van der Waals surface area contributed by atoms with E-state index in [0.717, 1.165) is 0 Å². The maximum absolute atomic E-state index is 13.4. The summed E-state index contributed by atoms with van der Waals surface area (Å²) < 4.78 is 62.5. The van der Waals surface area contributed by atoms with Crippen molar-refractivity contribution in [2.75, 3.05) is 25.0 Å². The Labute approximate surface area is 229 Å². The summed E-state index contributed by atoms with van der Waals surface area (Å²) in [6.07, 6.45) is -1.12. The van der Waals surface area contributed by atoms with Crippen LogP contribution in [0.4, 0.5) is 14.6 Å². The molecular weight excluding hydrogens is 568 g/mol. The van der Waals surface area contributed by atoms with Crippen LogP contribution in [0.15, 0.2) is 29.4 Å². The van der Waals surface area contributed by atoms with Crippen molar-refractivity contribution in [3.05, 3.63) is 29.5 Å². The third-order valence-electron chi connectivity index (χ3n) is 6.61. The van der Waals surface area contributed by atoms with Crippen LogP contribution in [0.25, 0.3) is 27.1 Å². The number of nitrogens with one attached hydrogen (secondary N) is 3. The topological polar surface area (TPSA) is 177 Å². The van der Waals surface area contributed by atoms with Crippen LogP contribution in [-0.4, -0.2) is 70.4 Å². The van der Waals surface area contributed by atoms with Gasteiger partial charge in [-0.2, -0.15) is 9.98 Å². The minimum Gasteiger partial charge on any atom is -0.375 e. The normalized spacial score (nSPS) is 18.7. The van der Waals surface area contributed by atoms with E-state index in [0.29, 0.717) is 54.6 Å². The molecule has 13 nitrogen and oxygen atoms in total. The van der Waals surface area contributed by atoms with E-state index in [4.69, 9.17) is 4.74 Å². The lowest BCUT2D eigenvalue weighted by molar-refractivity contribution is -0.119. The minimum atomic E-state index is -4.11. The van der Waals surface area contributed by atoms with Crippen molar-refractivity contribution in [3.63, 3.8) is 0 Å². The lowest BCUT2D eigenvalue weighted by atomic mass is 10.2. The Morgan fingerprint density at radius 1 is 1.32 bits per heavy atom. The summed E-state index contributed by atoms with van der Waals surface area (Å²) in [7, 11) is -4.11. The second kappa shape index (κ2) is 10.1. The van der Waals surface area contributed by atoms with Crippen LogP contribution in [0.1, 0.15) is 30.7 Å². The van der Waals surface area contributed by atoms with E-state index in [1.54, 1.807) is 0 Å². The Kier molecular flexibility index (Phi) is 6.67. The van der Waals surface area contributed by atoms with Crippen LogP contribution in [0, 0.1) is 11.3 Å². The molecule has 4 aromatic rings. The molecule has 3 aromatic heterocycles. The fourth-order valence-electron chi connectivity index (χ4n) is 4.49. The number of amides is 1. The Balaban J connectivity index is 1.47. The number of carbonyl (C=O) groups excluding carboxylic acids is 1. The molecule has 1 saturated heterocycles. The van der Waals surface area contributed by atoms with Crippen molar-refractivity contribution >= 4 is 55.0 Å². The predicted octanol–water partition coefficient (Wildman–Crippen LogP) is 2.01. The largest absolute Gasteiger partial charge is 0.375 e. The minimum absolute atomic E-state index is 0.0196. The van der Waals surface area contributed by atoms with Gasteiger partial charge >= 0.3 is 0 Å². The number of morpholine rings is 1. The standard InChI is InChI=1S/C23H21F2N9O4S2/c24-18(25)21-31-32-22(39-21)34-15-8-13(40(36,37)33-23(10-26)3-4-23)1-2-14(15)17-19(28-11-29-20(17)34)30-16(35)7-12-9-27-5-6-38-12/h1-2,8,11-12,18,27,33H,3-7,9H2,(H,28,29,30,35). The smallest absolute Gasteiger partial charge is 0.291 e. The Bertz CT molecular complexity index is 1770. The van der Waals surface area contributed by atoms with E-state index in [-0.39, 0.29) is 45.4 Å². The first-order chi connectivity index (χ1) is 19.2. The van der Waals surface area contributed by atoms with Gasteiger partial charge in [0.2, 0.25) is 21.1 Å². The molecule has 208 valence electrons. The number of halogens is 2. The Morgan fingerprint density at radius 3 is 2.83 bits per heavy atom. The monoisotopic (exact) mass is 589 g/mol. The SMILES string of the molecule is N#CC1(NS(=O)(=O)c2ccc3c4c(NC(=O)CC5CNCCO5)ncnc4n(-c4nnc(C(F)F)s4)c3c2)CC1. The molecule has 2 fully saturated rings. The number of anilines is 1. The molecule has 1 unspecified atom stereocenters. The maximum Gasteiger partial charge on any atom is 0.291 e. The molecule has 6 rings (SSSR count). The zero-order chi connectivity index (χ0) is 28.1. The van der Waals surface area contributed by atoms with Crippen molar-refractivity contribution in [1.82, 2.24) is 34.8 Å². The van der Waals surface area contributed by atoms with E-state index in [2.05, 4.69) is 35.5 Å². The molecule has 4 heterocycles. The summed E-state index contributed by atoms with van der Waals surface area (Å²) in [6, 6.07) is 6.19. The molecule has 2 aliphatic rings. The van der Waals surface area contributed by atoms with E-state index in [9.17, 15) is 27.3 Å². The number of fused-ring (bicyclic) bond motifs is 3. The van der Waals surface area contributed by atoms with Crippen LogP contribution in [-0.2, 0) is 19.6 Å². The predicted molar refractivity (Wildman–Crippen MR) is 139 cm³/mol. The van der Waals surface area contributed by atoms with Gasteiger partial charge in [0, 0.05) is 18.5 Å². The number of benzene rings is 1. The number of hydrogen-bond donors (Lipinski definition) is 3. The summed E-state index contributed by atoms with van der Waals surface area (Å²) in [6.45, 7) is 1.71. The summed E-state index contributed by atoms with van der Waals surface area (Å²) >= 11 is 0.620. The fraction of sp³-hybridized carbons (Fsp3) is 0.391. The Morgan fingerprint density at radius 2 is 2.15 bits per heavy atom. The zero-order valence-electron chi connectivity index (χ0n) is 20.6. The molecule has 1 aliphatic heterocycles. The van der Waals surface area contributed by atoms with E-state index >= 15 is 0 Å². The highest BCUT2D eigenvalue weighted by Crippen LogP contribution is 2.39. The summed E-state index contributed by atoms with van der Waals surface area (Å²) in [5.41, 5.74) is -0.689. The third-order valence-corrected chi connectivity index (χ3v) is 9.06. The van der Waals surface area contributed by atoms with Crippen LogP contribution in [0.2, 0.25) is 0 Å². The molecule has 1 amide bonds. The van der Waals surface area contributed by atoms with Gasteiger partial charge in [-0.3, -0.25) is 9.36 Å². The van der Waals surface area contributed by atoms with Crippen molar-refractivity contribution in [2.45, 2.75) is 42.2 Å². The van der Waals surface area contributed by atoms with E-state index in [1.165, 1.54) is 29.1 Å². The summed E-state index contributed by atoms with van der Waals surface area (Å²) in [4.78, 5) is 21.3. The number of ether oxygens (including phenoxy) is 1. The highest BCUT2D eigenvalue weighted by atomic mass is 32.2. The van der Waals surface area contributed by atoms with Crippen molar-refractivity contribution in [2.24, 2.45) is 0 Å². The van der Waals surface area contributed by atoms with Gasteiger partial charge in [0.05, 0.1) is 41.0 Å². The molecule has 40 heavy (non-hydrogen) atoms. The van der Waals surface area contributed by atoms with Gasteiger partial charge in [0.25, 0.3) is 6.43 Å². The highest BCUT2D eigenvalue weighted by Gasteiger charge is 2.46. The van der Waals surface area contributed by atoms with E-state index < -0.39 is 27.0 Å². The number of alkyl halides is 2. The molecular formula is C23H21F2N9O4S2. The van der Waals surface area contributed by atoms with Gasteiger partial charge in [-0.15, -0.1) is 10.2 Å². The number of carbonyl (C=O) groups is 1. The van der Waals surface area contributed by atoms with Crippen molar-refractivity contribution in [3.8, 4) is 11.2 Å². The molecule has 0 spiro atoms. The second-order valence-corrected chi connectivity index (χ2v) is 12.1. The number of nitrogens with zero attached hydrogens (tertiary/aromatic N) is 6. The van der Waals surface area contributed by atoms with Crippen LogP contribution in [0.5, 0.6) is 0 Å². The summed E-state index contributed by atoms with van der Waals surface area (Å²) in [5.74, 6) is -0.212. The highest BCUT2D eigenvalue weighted by molar-refractivity contribution is 7.89. The molecule has 1 atom stereocenters. The first kappa shape index (κ1) is 26.5. The number of rotatable bonds is 8. The molecule has 1 saturated carbocycles. The molecule has 1 aromatic carbocycles. The lowest BCUT2D eigenvalue weighted by Gasteiger charge is -2.22. The number of sulfonamides is 1. The van der Waals surface area contributed by atoms with Gasteiger partial charge in [-0.05, 0) is 25.0 Å². The number of nitriles is 1. The molecule has 0 radical (unpaired) electrons. The second-order valence-electron chi connectivity index (χ2n) is 9.41. The van der Waals surface area contributed by atoms with E-state index in [1.807, 2.05) is 6.07 Å². The average molecular weight is 590 g/mol. The molecule has 1 aliphatic carbocycles. The number of aromatic nitrogens is 5. The van der Waals surface area contributed by atoms with Gasteiger partial charge in [0.15, 0.2) is 10.7 Å². The quantitative estimate of drug-likeness (QED) is 0.276. The fourth-order valence-corrected chi connectivity index (χ4v) is 6.61. The van der Waals surface area contributed by atoms with Gasteiger partial charge in [-0.25, -0.2) is 27.2 Å². The third kappa shape index (κ3) is 4.88. The average Bonchev–Trinajstić information content (AvgIpc) is 3.37.